The molecular formula is C18H21N3O3. The van der Waals surface area contributed by atoms with E-state index >= 15 is 0 Å². The van der Waals surface area contributed by atoms with E-state index in [1.807, 2.05) is 0 Å². The number of methoxy groups -OCH3 is 1. The summed E-state index contributed by atoms with van der Waals surface area (Å²) in [5.74, 6) is 0.370. The van der Waals surface area contributed by atoms with Gasteiger partial charge in [0.05, 0.1) is 18.9 Å². The Bertz CT molecular complexity index is 702. The van der Waals surface area contributed by atoms with E-state index in [4.69, 9.17) is 4.74 Å². The summed E-state index contributed by atoms with van der Waals surface area (Å²) in [7, 11) is 1.54. The first-order chi connectivity index (χ1) is 11.6. The number of amides is 2. The lowest BCUT2D eigenvalue weighted by Crippen LogP contribution is -2.32. The van der Waals surface area contributed by atoms with Gasteiger partial charge in [-0.3, -0.25) is 9.59 Å². The van der Waals surface area contributed by atoms with Crippen LogP contribution in [0, 0.1) is 16.7 Å². The minimum absolute atomic E-state index is 0.0828. The number of anilines is 2. The molecule has 6 heteroatoms. The quantitative estimate of drug-likeness (QED) is 0.922. The van der Waals surface area contributed by atoms with Gasteiger partial charge in [-0.1, -0.05) is 12.8 Å². The minimum Gasteiger partial charge on any atom is -0.494 e. The van der Waals surface area contributed by atoms with E-state index in [0.29, 0.717) is 42.9 Å². The second kappa shape index (κ2) is 6.52. The molecule has 1 heterocycles. The molecule has 1 saturated heterocycles. The topological polar surface area (TPSA) is 82.4 Å². The average Bonchev–Trinajstić information content (AvgIpc) is 3.24. The van der Waals surface area contributed by atoms with Gasteiger partial charge in [-0.25, -0.2) is 0 Å². The summed E-state index contributed by atoms with van der Waals surface area (Å²) in [5, 5.41) is 12.2. The highest BCUT2D eigenvalue weighted by atomic mass is 16.5. The largest absolute Gasteiger partial charge is 0.494 e. The summed E-state index contributed by atoms with van der Waals surface area (Å²) < 4.78 is 5.40. The van der Waals surface area contributed by atoms with Gasteiger partial charge in [-0.2, -0.15) is 5.26 Å². The molecule has 0 unspecified atom stereocenters. The van der Waals surface area contributed by atoms with Crippen molar-refractivity contribution in [3.8, 4) is 11.8 Å². The van der Waals surface area contributed by atoms with E-state index in [0.717, 1.165) is 19.3 Å². The van der Waals surface area contributed by atoms with Crippen LogP contribution in [0.5, 0.6) is 5.75 Å². The number of nitrogens with zero attached hydrogens (tertiary/aromatic N) is 2. The Kier molecular flexibility index (Phi) is 4.43. The van der Waals surface area contributed by atoms with Crippen LogP contribution < -0.4 is 15.0 Å². The highest BCUT2D eigenvalue weighted by Crippen LogP contribution is 2.39. The van der Waals surface area contributed by atoms with Crippen molar-refractivity contribution in [2.24, 2.45) is 5.41 Å². The smallest absolute Gasteiger partial charge is 0.244 e. The normalized spacial score (nSPS) is 19.2. The summed E-state index contributed by atoms with van der Waals surface area (Å²) >= 11 is 0. The van der Waals surface area contributed by atoms with Crippen LogP contribution in [-0.4, -0.2) is 25.5 Å². The highest BCUT2D eigenvalue weighted by molar-refractivity contribution is 5.99. The molecule has 2 aliphatic rings. The lowest BCUT2D eigenvalue weighted by molar-refractivity contribution is -0.122. The first-order valence-corrected chi connectivity index (χ1v) is 8.31. The summed E-state index contributed by atoms with van der Waals surface area (Å²) in [6, 6.07) is 7.43. The van der Waals surface area contributed by atoms with E-state index in [2.05, 4.69) is 11.4 Å². The van der Waals surface area contributed by atoms with Crippen LogP contribution in [0.15, 0.2) is 18.2 Å². The van der Waals surface area contributed by atoms with Crippen LogP contribution in [0.2, 0.25) is 0 Å². The van der Waals surface area contributed by atoms with E-state index in [9.17, 15) is 14.9 Å². The first-order valence-electron chi connectivity index (χ1n) is 8.31. The van der Waals surface area contributed by atoms with Gasteiger partial charge in [0.1, 0.15) is 11.2 Å². The fourth-order valence-electron chi connectivity index (χ4n) is 3.50. The number of hydrogen-bond donors (Lipinski definition) is 1. The first kappa shape index (κ1) is 16.3. The van der Waals surface area contributed by atoms with Crippen molar-refractivity contribution in [1.29, 1.82) is 5.26 Å². The molecule has 0 radical (unpaired) electrons. The molecule has 1 aliphatic heterocycles. The molecule has 0 spiro atoms. The maximum atomic E-state index is 12.5. The molecule has 0 atom stereocenters. The maximum absolute atomic E-state index is 12.5. The Morgan fingerprint density at radius 1 is 1.33 bits per heavy atom. The van der Waals surface area contributed by atoms with Gasteiger partial charge in [-0.05, 0) is 31.4 Å². The predicted octanol–water partition coefficient (Wildman–Crippen LogP) is 2.84. The Labute approximate surface area is 141 Å². The monoisotopic (exact) mass is 327 g/mol. The summed E-state index contributed by atoms with van der Waals surface area (Å²) in [6.45, 7) is 0.679. The van der Waals surface area contributed by atoms with Crippen LogP contribution in [0.1, 0.15) is 38.5 Å². The van der Waals surface area contributed by atoms with Crippen LogP contribution in [0.4, 0.5) is 11.4 Å². The molecule has 2 amide bonds. The van der Waals surface area contributed by atoms with E-state index in [-0.39, 0.29) is 11.8 Å². The summed E-state index contributed by atoms with van der Waals surface area (Å²) in [4.78, 5) is 26.2. The zero-order valence-electron chi connectivity index (χ0n) is 13.8. The minimum atomic E-state index is -0.920. The number of nitriles is 1. The third-order valence-electron chi connectivity index (χ3n) is 4.91. The predicted molar refractivity (Wildman–Crippen MR) is 89.7 cm³/mol. The number of rotatable bonds is 4. The second-order valence-electron chi connectivity index (χ2n) is 6.39. The Morgan fingerprint density at radius 2 is 2.08 bits per heavy atom. The molecule has 1 saturated carbocycles. The second-order valence-corrected chi connectivity index (χ2v) is 6.39. The molecule has 6 nitrogen and oxygen atoms in total. The van der Waals surface area contributed by atoms with Gasteiger partial charge >= 0.3 is 0 Å². The number of nitrogens with one attached hydrogen (secondary N) is 1. The lowest BCUT2D eigenvalue weighted by atomic mass is 9.87. The fraction of sp³-hybridized carbons (Fsp3) is 0.500. The van der Waals surface area contributed by atoms with Crippen LogP contribution in [-0.2, 0) is 9.59 Å². The van der Waals surface area contributed by atoms with Crippen LogP contribution >= 0.6 is 0 Å². The molecule has 0 bridgehead atoms. The SMILES string of the molecule is COc1cc(NC(=O)C2(C#N)CCCC2)ccc1N1CCCC1=O. The van der Waals surface area contributed by atoms with Crippen molar-refractivity contribution in [3.05, 3.63) is 18.2 Å². The third-order valence-corrected chi connectivity index (χ3v) is 4.91. The number of hydrogen-bond acceptors (Lipinski definition) is 4. The number of carbonyl (C=O) groups excluding carboxylic acids is 2. The van der Waals surface area contributed by atoms with Crippen LogP contribution in [0.25, 0.3) is 0 Å². The van der Waals surface area contributed by atoms with E-state index in [1.165, 1.54) is 0 Å². The molecule has 1 aliphatic carbocycles. The maximum Gasteiger partial charge on any atom is 0.244 e. The van der Waals surface area contributed by atoms with Crippen molar-refractivity contribution in [1.82, 2.24) is 0 Å². The van der Waals surface area contributed by atoms with Gasteiger partial charge in [-0.15, -0.1) is 0 Å². The summed E-state index contributed by atoms with van der Waals surface area (Å²) in [6.07, 6.45) is 4.40. The highest BCUT2D eigenvalue weighted by Gasteiger charge is 2.41. The van der Waals surface area contributed by atoms with E-state index < -0.39 is 5.41 Å². The average molecular weight is 327 g/mol. The number of ether oxygens (including phenoxy) is 1. The van der Waals surface area contributed by atoms with Gasteiger partial charge in [0.15, 0.2) is 0 Å². The third kappa shape index (κ3) is 2.82. The zero-order valence-corrected chi connectivity index (χ0v) is 13.8. The van der Waals surface area contributed by atoms with Crippen molar-refractivity contribution < 1.29 is 14.3 Å². The van der Waals surface area contributed by atoms with E-state index in [1.54, 1.807) is 30.2 Å². The lowest BCUT2D eigenvalue weighted by Gasteiger charge is -2.22. The molecule has 126 valence electrons. The van der Waals surface area contributed by atoms with Gasteiger partial charge in [0, 0.05) is 24.7 Å². The molecular weight excluding hydrogens is 306 g/mol. The van der Waals surface area contributed by atoms with Gasteiger partial charge in [0.2, 0.25) is 11.8 Å². The summed E-state index contributed by atoms with van der Waals surface area (Å²) in [5.41, 5.74) is 0.374. The van der Waals surface area contributed by atoms with Crippen molar-refractivity contribution in [2.75, 3.05) is 23.9 Å². The molecule has 0 aromatic heterocycles. The Hall–Kier alpha value is -2.55. The van der Waals surface area contributed by atoms with Crippen molar-refractivity contribution in [2.45, 2.75) is 38.5 Å². The van der Waals surface area contributed by atoms with Crippen molar-refractivity contribution >= 4 is 23.2 Å². The molecule has 2 fully saturated rings. The van der Waals surface area contributed by atoms with Crippen LogP contribution in [0.3, 0.4) is 0 Å². The number of carbonyl (C=O) groups is 2. The molecule has 1 aromatic rings. The fourth-order valence-corrected chi connectivity index (χ4v) is 3.50. The number of benzene rings is 1. The van der Waals surface area contributed by atoms with Gasteiger partial charge in [0.25, 0.3) is 0 Å². The van der Waals surface area contributed by atoms with Gasteiger partial charge < -0.3 is 15.0 Å². The Morgan fingerprint density at radius 3 is 2.67 bits per heavy atom. The Balaban J connectivity index is 1.81. The van der Waals surface area contributed by atoms with Crippen molar-refractivity contribution in [3.63, 3.8) is 0 Å². The molecule has 1 aromatic carbocycles. The molecule has 1 N–H and O–H groups in total. The molecule has 3 rings (SSSR count). The molecule has 24 heavy (non-hydrogen) atoms. The standard InChI is InChI=1S/C18H21N3O3/c1-24-15-11-13(6-7-14(15)21-10-4-5-16(21)22)20-17(23)18(12-19)8-2-3-9-18/h6-7,11H,2-5,8-10H2,1H3,(H,20,23). The zero-order chi connectivity index (χ0) is 17.2.